The molecule has 0 saturated heterocycles. The van der Waals surface area contributed by atoms with Gasteiger partial charge in [0.05, 0.1) is 5.56 Å². The van der Waals surface area contributed by atoms with Crippen LogP contribution in [0.3, 0.4) is 0 Å². The Morgan fingerprint density at radius 2 is 1.76 bits per heavy atom. The summed E-state index contributed by atoms with van der Waals surface area (Å²) in [5.41, 5.74) is 1.53. The average molecular weight is 294 g/mol. The van der Waals surface area contributed by atoms with Crippen molar-refractivity contribution in [3.63, 3.8) is 0 Å². The molecule has 5 heteroatoms. The SMILES string of the molecule is CC(C)c1ccc(CNc2cc(C(F)(F)F)ccn2)cc1. The summed E-state index contributed by atoms with van der Waals surface area (Å²) in [5.74, 6) is 0.676. The van der Waals surface area contributed by atoms with Crippen molar-refractivity contribution in [2.45, 2.75) is 32.5 Å². The molecule has 2 nitrogen and oxygen atoms in total. The van der Waals surface area contributed by atoms with E-state index in [1.54, 1.807) is 0 Å². The topological polar surface area (TPSA) is 24.9 Å². The molecule has 0 saturated carbocycles. The van der Waals surface area contributed by atoms with E-state index in [9.17, 15) is 13.2 Å². The molecule has 0 aliphatic carbocycles. The van der Waals surface area contributed by atoms with Crippen molar-refractivity contribution in [3.8, 4) is 0 Å². The van der Waals surface area contributed by atoms with Gasteiger partial charge in [0.15, 0.2) is 0 Å². The lowest BCUT2D eigenvalue weighted by Gasteiger charge is -2.10. The number of nitrogens with zero attached hydrogens (tertiary/aromatic N) is 1. The lowest BCUT2D eigenvalue weighted by molar-refractivity contribution is -0.137. The molecule has 0 aliphatic rings. The van der Waals surface area contributed by atoms with Crippen LogP contribution in [-0.2, 0) is 12.7 Å². The van der Waals surface area contributed by atoms with Gasteiger partial charge in [0.2, 0.25) is 0 Å². The number of hydrogen-bond donors (Lipinski definition) is 1. The van der Waals surface area contributed by atoms with Crippen LogP contribution in [0.4, 0.5) is 19.0 Å². The normalized spacial score (nSPS) is 11.7. The van der Waals surface area contributed by atoms with Crippen LogP contribution < -0.4 is 5.32 Å². The van der Waals surface area contributed by atoms with Gasteiger partial charge >= 0.3 is 6.18 Å². The second-order valence-corrected chi connectivity index (χ2v) is 5.18. The van der Waals surface area contributed by atoms with Crippen LogP contribution in [0.25, 0.3) is 0 Å². The summed E-state index contributed by atoms with van der Waals surface area (Å²) in [6.45, 7) is 4.66. The summed E-state index contributed by atoms with van der Waals surface area (Å²) in [7, 11) is 0. The Labute approximate surface area is 122 Å². The highest BCUT2D eigenvalue weighted by Crippen LogP contribution is 2.29. The minimum absolute atomic E-state index is 0.220. The second-order valence-electron chi connectivity index (χ2n) is 5.18. The number of aromatic nitrogens is 1. The molecule has 1 aromatic heterocycles. The summed E-state index contributed by atoms with van der Waals surface area (Å²) in [5, 5.41) is 2.91. The number of hydrogen-bond acceptors (Lipinski definition) is 2. The summed E-state index contributed by atoms with van der Waals surface area (Å²) in [6, 6.07) is 9.97. The van der Waals surface area contributed by atoms with Gasteiger partial charge in [-0.1, -0.05) is 38.1 Å². The van der Waals surface area contributed by atoms with Gasteiger partial charge in [0.1, 0.15) is 5.82 Å². The third-order valence-corrected chi connectivity index (χ3v) is 3.21. The highest BCUT2D eigenvalue weighted by molar-refractivity contribution is 5.39. The van der Waals surface area contributed by atoms with Crippen molar-refractivity contribution in [1.82, 2.24) is 4.98 Å². The van der Waals surface area contributed by atoms with Crippen molar-refractivity contribution in [2.75, 3.05) is 5.32 Å². The number of rotatable bonds is 4. The lowest BCUT2D eigenvalue weighted by Crippen LogP contribution is -2.07. The number of nitrogens with one attached hydrogen (secondary N) is 1. The van der Waals surface area contributed by atoms with Gasteiger partial charge in [-0.05, 0) is 29.2 Å². The number of benzene rings is 1. The number of pyridine rings is 1. The van der Waals surface area contributed by atoms with Crippen molar-refractivity contribution in [3.05, 3.63) is 59.3 Å². The quantitative estimate of drug-likeness (QED) is 0.873. The van der Waals surface area contributed by atoms with Gasteiger partial charge in [0.25, 0.3) is 0 Å². The molecule has 2 rings (SSSR count). The molecule has 0 bridgehead atoms. The molecule has 0 fully saturated rings. The molecule has 0 spiro atoms. The Morgan fingerprint density at radius 3 is 2.33 bits per heavy atom. The summed E-state index contributed by atoms with van der Waals surface area (Å²) < 4.78 is 37.8. The smallest absolute Gasteiger partial charge is 0.366 e. The van der Waals surface area contributed by atoms with E-state index in [1.807, 2.05) is 24.3 Å². The third kappa shape index (κ3) is 4.21. The van der Waals surface area contributed by atoms with Crippen LogP contribution >= 0.6 is 0 Å². The molecule has 0 radical (unpaired) electrons. The molecular formula is C16H17F3N2. The Morgan fingerprint density at radius 1 is 1.10 bits per heavy atom. The van der Waals surface area contributed by atoms with Crippen LogP contribution in [-0.4, -0.2) is 4.98 Å². The Balaban J connectivity index is 2.03. The molecule has 0 unspecified atom stereocenters. The number of halogens is 3. The van der Waals surface area contributed by atoms with E-state index in [0.717, 1.165) is 23.9 Å². The maximum Gasteiger partial charge on any atom is 0.416 e. The molecular weight excluding hydrogens is 277 g/mol. The Kier molecular flexibility index (Phi) is 4.50. The van der Waals surface area contributed by atoms with Crippen LogP contribution in [0.2, 0.25) is 0 Å². The van der Waals surface area contributed by atoms with Crippen LogP contribution in [0.1, 0.15) is 36.5 Å². The second kappa shape index (κ2) is 6.16. The van der Waals surface area contributed by atoms with E-state index >= 15 is 0 Å². The minimum Gasteiger partial charge on any atom is -0.366 e. The van der Waals surface area contributed by atoms with Gasteiger partial charge in [-0.2, -0.15) is 13.2 Å². The minimum atomic E-state index is -4.35. The maximum atomic E-state index is 12.6. The predicted molar refractivity (Wildman–Crippen MR) is 77.1 cm³/mol. The van der Waals surface area contributed by atoms with Crippen molar-refractivity contribution >= 4 is 5.82 Å². The Bertz CT molecular complexity index is 589. The standard InChI is InChI=1S/C16H17F3N2/c1-11(2)13-5-3-12(4-6-13)10-21-15-9-14(7-8-20-15)16(17,18)19/h3-9,11H,10H2,1-2H3,(H,20,21). The number of anilines is 1. The van der Waals surface area contributed by atoms with Crippen LogP contribution in [0, 0.1) is 0 Å². The van der Waals surface area contributed by atoms with Crippen molar-refractivity contribution < 1.29 is 13.2 Å². The zero-order valence-corrected chi connectivity index (χ0v) is 11.9. The largest absolute Gasteiger partial charge is 0.416 e. The van der Waals surface area contributed by atoms with E-state index < -0.39 is 11.7 Å². The zero-order valence-electron chi connectivity index (χ0n) is 11.9. The lowest BCUT2D eigenvalue weighted by atomic mass is 10.0. The molecule has 1 N–H and O–H groups in total. The van der Waals surface area contributed by atoms with Gasteiger partial charge < -0.3 is 5.32 Å². The zero-order chi connectivity index (χ0) is 15.5. The van der Waals surface area contributed by atoms with E-state index in [4.69, 9.17) is 0 Å². The maximum absolute atomic E-state index is 12.6. The molecule has 1 heterocycles. The van der Waals surface area contributed by atoms with Crippen molar-refractivity contribution in [1.29, 1.82) is 0 Å². The first-order valence-electron chi connectivity index (χ1n) is 6.72. The fourth-order valence-electron chi connectivity index (χ4n) is 1.92. The summed E-state index contributed by atoms with van der Waals surface area (Å²) in [6.07, 6.45) is -3.19. The first kappa shape index (κ1) is 15.4. The monoisotopic (exact) mass is 294 g/mol. The van der Waals surface area contributed by atoms with Crippen LogP contribution in [0.5, 0.6) is 0 Å². The summed E-state index contributed by atoms with van der Waals surface area (Å²) >= 11 is 0. The van der Waals surface area contributed by atoms with Crippen LogP contribution in [0.15, 0.2) is 42.6 Å². The predicted octanol–water partition coefficient (Wildman–Crippen LogP) is 4.84. The average Bonchev–Trinajstić information content (AvgIpc) is 2.45. The molecule has 0 atom stereocenters. The molecule has 0 aliphatic heterocycles. The van der Waals surface area contributed by atoms with Crippen molar-refractivity contribution in [2.24, 2.45) is 0 Å². The fraction of sp³-hybridized carbons (Fsp3) is 0.312. The molecule has 21 heavy (non-hydrogen) atoms. The summed E-state index contributed by atoms with van der Waals surface area (Å²) in [4.78, 5) is 3.90. The first-order chi connectivity index (χ1) is 9.86. The molecule has 0 amide bonds. The van der Waals surface area contributed by atoms with E-state index in [2.05, 4.69) is 24.1 Å². The third-order valence-electron chi connectivity index (χ3n) is 3.21. The molecule has 1 aromatic carbocycles. The van der Waals surface area contributed by atoms with E-state index in [0.29, 0.717) is 12.5 Å². The Hall–Kier alpha value is -2.04. The number of alkyl halides is 3. The van der Waals surface area contributed by atoms with Gasteiger partial charge in [-0.3, -0.25) is 0 Å². The highest BCUT2D eigenvalue weighted by atomic mass is 19.4. The van der Waals surface area contributed by atoms with Gasteiger partial charge in [-0.15, -0.1) is 0 Å². The fourth-order valence-corrected chi connectivity index (χ4v) is 1.92. The van der Waals surface area contributed by atoms with E-state index in [1.165, 1.54) is 5.56 Å². The van der Waals surface area contributed by atoms with E-state index in [-0.39, 0.29) is 5.82 Å². The molecule has 2 aromatic rings. The van der Waals surface area contributed by atoms with Gasteiger partial charge in [-0.25, -0.2) is 4.98 Å². The first-order valence-corrected chi connectivity index (χ1v) is 6.72. The van der Waals surface area contributed by atoms with Gasteiger partial charge in [0, 0.05) is 12.7 Å². The molecule has 112 valence electrons. The highest BCUT2D eigenvalue weighted by Gasteiger charge is 2.30.